The molecule has 6 nitrogen and oxygen atoms in total. The third-order valence-corrected chi connectivity index (χ3v) is 2.77. The lowest BCUT2D eigenvalue weighted by Gasteiger charge is -2.17. The number of pyridine rings is 1. The maximum atomic E-state index is 11.9. The van der Waals surface area contributed by atoms with Crippen molar-refractivity contribution in [3.05, 3.63) is 34.2 Å². The largest absolute Gasteiger partial charge is 0.481 e. The van der Waals surface area contributed by atoms with Gasteiger partial charge in [-0.05, 0) is 25.0 Å². The molecule has 19 heavy (non-hydrogen) atoms. The fourth-order valence-electron chi connectivity index (χ4n) is 1.77. The normalized spacial score (nSPS) is 11.9. The Balaban J connectivity index is 2.79. The first kappa shape index (κ1) is 14.9. The summed E-state index contributed by atoms with van der Waals surface area (Å²) < 4.78 is 1.36. The number of carbonyl (C=O) groups is 2. The van der Waals surface area contributed by atoms with Crippen LogP contribution in [0.1, 0.15) is 31.4 Å². The van der Waals surface area contributed by atoms with Crippen molar-refractivity contribution in [1.82, 2.24) is 9.88 Å². The quantitative estimate of drug-likeness (QED) is 0.793. The van der Waals surface area contributed by atoms with Crippen molar-refractivity contribution in [1.29, 1.82) is 0 Å². The van der Waals surface area contributed by atoms with E-state index in [-0.39, 0.29) is 24.4 Å². The monoisotopic (exact) mass is 266 g/mol. The molecule has 0 aliphatic carbocycles. The number of carbonyl (C=O) groups excluding carboxylic acids is 1. The summed E-state index contributed by atoms with van der Waals surface area (Å²) in [5.41, 5.74) is 0.600. The molecule has 1 amide bonds. The Labute approximate surface area is 111 Å². The van der Waals surface area contributed by atoms with Crippen molar-refractivity contribution < 1.29 is 14.7 Å². The molecule has 2 N–H and O–H groups in total. The summed E-state index contributed by atoms with van der Waals surface area (Å²) >= 11 is 0. The van der Waals surface area contributed by atoms with Gasteiger partial charge in [-0.2, -0.15) is 0 Å². The maximum absolute atomic E-state index is 11.9. The van der Waals surface area contributed by atoms with Crippen molar-refractivity contribution in [3.8, 4) is 0 Å². The average molecular weight is 266 g/mol. The van der Waals surface area contributed by atoms with E-state index in [0.29, 0.717) is 6.42 Å². The Bertz CT molecular complexity index is 522. The Morgan fingerprint density at radius 1 is 1.47 bits per heavy atom. The molecule has 0 aliphatic rings. The molecular formula is C13H18N2O4. The number of nitrogens with one attached hydrogen (secondary N) is 1. The van der Waals surface area contributed by atoms with Crippen LogP contribution in [0.25, 0.3) is 0 Å². The molecule has 104 valence electrons. The lowest BCUT2D eigenvalue weighted by molar-refractivity contribution is -0.137. The molecular weight excluding hydrogens is 248 g/mol. The van der Waals surface area contributed by atoms with Crippen molar-refractivity contribution in [2.24, 2.45) is 0 Å². The average Bonchev–Trinajstić information content (AvgIpc) is 2.32. The van der Waals surface area contributed by atoms with Crippen molar-refractivity contribution >= 4 is 11.9 Å². The highest BCUT2D eigenvalue weighted by Crippen LogP contribution is 2.09. The van der Waals surface area contributed by atoms with Crippen LogP contribution < -0.4 is 10.9 Å². The van der Waals surface area contributed by atoms with Crippen LogP contribution in [0.5, 0.6) is 0 Å². The number of amides is 1. The third kappa shape index (κ3) is 4.24. The van der Waals surface area contributed by atoms with Gasteiger partial charge in [-0.1, -0.05) is 6.92 Å². The van der Waals surface area contributed by atoms with E-state index in [1.165, 1.54) is 10.6 Å². The summed E-state index contributed by atoms with van der Waals surface area (Å²) in [6.07, 6.45) is 1.91. The molecule has 0 aromatic carbocycles. The third-order valence-electron chi connectivity index (χ3n) is 2.77. The first-order chi connectivity index (χ1) is 8.95. The smallest absolute Gasteiger partial charge is 0.305 e. The van der Waals surface area contributed by atoms with Gasteiger partial charge < -0.3 is 15.0 Å². The van der Waals surface area contributed by atoms with Crippen LogP contribution in [-0.4, -0.2) is 28.1 Å². The van der Waals surface area contributed by atoms with E-state index in [2.05, 4.69) is 5.32 Å². The van der Waals surface area contributed by atoms with Crippen LogP contribution >= 0.6 is 0 Å². The van der Waals surface area contributed by atoms with Crippen molar-refractivity contribution in [2.75, 3.05) is 6.54 Å². The maximum Gasteiger partial charge on any atom is 0.305 e. The highest BCUT2D eigenvalue weighted by atomic mass is 16.4. The van der Waals surface area contributed by atoms with Gasteiger partial charge in [0.15, 0.2) is 0 Å². The summed E-state index contributed by atoms with van der Waals surface area (Å²) in [6, 6.07) is 2.61. The van der Waals surface area contributed by atoms with E-state index in [1.807, 2.05) is 0 Å². The van der Waals surface area contributed by atoms with Crippen LogP contribution in [-0.2, 0) is 9.59 Å². The van der Waals surface area contributed by atoms with E-state index in [0.717, 1.165) is 5.56 Å². The number of aliphatic carboxylic acids is 1. The Morgan fingerprint density at radius 2 is 2.16 bits per heavy atom. The predicted octanol–water partition coefficient (Wildman–Crippen LogP) is 0.699. The molecule has 0 saturated heterocycles. The molecule has 1 rings (SSSR count). The summed E-state index contributed by atoms with van der Waals surface area (Å²) in [6.45, 7) is 3.67. The molecule has 1 unspecified atom stereocenters. The highest BCUT2D eigenvalue weighted by molar-refractivity contribution is 5.80. The molecule has 1 aromatic rings. The van der Waals surface area contributed by atoms with Gasteiger partial charge in [-0.3, -0.25) is 14.4 Å². The lowest BCUT2D eigenvalue weighted by Crippen LogP contribution is -2.37. The number of aromatic nitrogens is 1. The predicted molar refractivity (Wildman–Crippen MR) is 70.0 cm³/mol. The SMILES string of the molecule is CCC(C(=O)NCCC(=O)O)n1ccc(C)cc1=O. The molecule has 1 atom stereocenters. The molecule has 1 heterocycles. The van der Waals surface area contributed by atoms with Crippen LogP contribution in [0.15, 0.2) is 23.1 Å². The number of carboxylic acid groups (broad SMARTS) is 1. The zero-order chi connectivity index (χ0) is 14.4. The first-order valence-corrected chi connectivity index (χ1v) is 6.14. The van der Waals surface area contributed by atoms with E-state index < -0.39 is 12.0 Å². The van der Waals surface area contributed by atoms with E-state index in [1.54, 1.807) is 26.1 Å². The summed E-state index contributed by atoms with van der Waals surface area (Å²) in [5.74, 6) is -1.31. The second kappa shape index (κ2) is 6.72. The number of carboxylic acids is 1. The second-order valence-electron chi connectivity index (χ2n) is 4.31. The fraction of sp³-hybridized carbons (Fsp3) is 0.462. The first-order valence-electron chi connectivity index (χ1n) is 6.14. The van der Waals surface area contributed by atoms with E-state index in [4.69, 9.17) is 5.11 Å². The minimum atomic E-state index is -0.971. The number of nitrogens with zero attached hydrogens (tertiary/aromatic N) is 1. The standard InChI is InChI=1S/C13H18N2O4/c1-3-10(13(19)14-6-4-12(17)18)15-7-5-9(2)8-11(15)16/h5,7-8,10H,3-4,6H2,1-2H3,(H,14,19)(H,17,18). The molecule has 0 saturated carbocycles. The van der Waals surface area contributed by atoms with Gasteiger partial charge in [-0.25, -0.2) is 0 Å². The van der Waals surface area contributed by atoms with Gasteiger partial charge in [0.05, 0.1) is 6.42 Å². The van der Waals surface area contributed by atoms with E-state index >= 15 is 0 Å². The van der Waals surface area contributed by atoms with Crippen molar-refractivity contribution in [2.45, 2.75) is 32.7 Å². The zero-order valence-corrected chi connectivity index (χ0v) is 11.0. The Hall–Kier alpha value is -2.11. The molecule has 0 bridgehead atoms. The summed E-state index contributed by atoms with van der Waals surface area (Å²) in [7, 11) is 0. The van der Waals surface area contributed by atoms with Crippen LogP contribution in [0, 0.1) is 6.92 Å². The molecule has 0 aliphatic heterocycles. The molecule has 1 aromatic heterocycles. The van der Waals surface area contributed by atoms with Gasteiger partial charge >= 0.3 is 5.97 Å². The topological polar surface area (TPSA) is 88.4 Å². The van der Waals surface area contributed by atoms with Crippen molar-refractivity contribution in [3.63, 3.8) is 0 Å². The molecule has 0 radical (unpaired) electrons. The molecule has 0 fully saturated rings. The van der Waals surface area contributed by atoms with Crippen LogP contribution in [0.2, 0.25) is 0 Å². The minimum absolute atomic E-state index is 0.0608. The van der Waals surface area contributed by atoms with Gasteiger partial charge in [0.1, 0.15) is 6.04 Å². The molecule has 0 spiro atoms. The van der Waals surface area contributed by atoms with Crippen LogP contribution in [0.4, 0.5) is 0 Å². The Morgan fingerprint density at radius 3 is 2.68 bits per heavy atom. The summed E-state index contributed by atoms with van der Waals surface area (Å²) in [5, 5.41) is 11.0. The highest BCUT2D eigenvalue weighted by Gasteiger charge is 2.18. The lowest BCUT2D eigenvalue weighted by atomic mass is 10.2. The summed E-state index contributed by atoms with van der Waals surface area (Å²) in [4.78, 5) is 34.1. The number of rotatable bonds is 6. The van der Waals surface area contributed by atoms with Gasteiger partial charge in [0, 0.05) is 18.8 Å². The van der Waals surface area contributed by atoms with Gasteiger partial charge in [0.2, 0.25) is 5.91 Å². The van der Waals surface area contributed by atoms with Crippen LogP contribution in [0.3, 0.4) is 0 Å². The Kier molecular flexibility index (Phi) is 5.29. The van der Waals surface area contributed by atoms with Gasteiger partial charge in [-0.15, -0.1) is 0 Å². The zero-order valence-electron chi connectivity index (χ0n) is 11.0. The second-order valence-corrected chi connectivity index (χ2v) is 4.31. The number of aryl methyl sites for hydroxylation is 1. The van der Waals surface area contributed by atoms with Gasteiger partial charge in [0.25, 0.3) is 5.56 Å². The molecule has 6 heteroatoms. The van der Waals surface area contributed by atoms with E-state index in [9.17, 15) is 14.4 Å². The number of hydrogen-bond acceptors (Lipinski definition) is 3. The number of hydrogen-bond donors (Lipinski definition) is 2. The minimum Gasteiger partial charge on any atom is -0.481 e. The fourth-order valence-corrected chi connectivity index (χ4v) is 1.77.